The van der Waals surface area contributed by atoms with Gasteiger partial charge in [-0.3, -0.25) is 9.78 Å². The molecule has 1 N–H and O–H groups in total. The summed E-state index contributed by atoms with van der Waals surface area (Å²) >= 11 is 6.75. The Labute approximate surface area is 230 Å². The minimum atomic E-state index is -0.562. The molecule has 4 aromatic heterocycles. The molecule has 0 saturated heterocycles. The number of aromatic nitrogens is 6. The van der Waals surface area contributed by atoms with Crippen molar-refractivity contribution in [2.75, 3.05) is 7.11 Å². The van der Waals surface area contributed by atoms with Crippen LogP contribution in [0.4, 0.5) is 0 Å². The number of halogens is 1. The standard InChI is InChI=1S/C30H19ClN6O3/c1-40-26-12-19(15-36-28(26)33-16-34-36)21-7-4-8-23(31)27(21)17-9-10-22-24(11-17)35-30(39)37(29(22)38)25-14-32-13-18-5-2-3-6-20(18)25/h2-16H,1H3,(H,35,39). The zero-order chi connectivity index (χ0) is 27.4. The van der Waals surface area contributed by atoms with E-state index in [1.807, 2.05) is 54.7 Å². The topological polar surface area (TPSA) is 107 Å². The molecule has 0 radical (unpaired) electrons. The van der Waals surface area contributed by atoms with Gasteiger partial charge >= 0.3 is 5.69 Å². The van der Waals surface area contributed by atoms with Crippen LogP contribution in [0.1, 0.15) is 0 Å². The Balaban J connectivity index is 1.42. The molecule has 0 aliphatic carbocycles. The SMILES string of the molecule is COc1cc(-c2cccc(Cl)c2-c2ccc3c(=O)n(-c4cncc5ccccc45)c(=O)[nH]c3c2)cn2ncnc12. The van der Waals surface area contributed by atoms with Crippen LogP contribution >= 0.6 is 11.6 Å². The van der Waals surface area contributed by atoms with Gasteiger partial charge in [0, 0.05) is 39.3 Å². The van der Waals surface area contributed by atoms with E-state index in [0.29, 0.717) is 33.0 Å². The molecule has 0 amide bonds. The maximum absolute atomic E-state index is 13.6. The molecule has 40 heavy (non-hydrogen) atoms. The van der Waals surface area contributed by atoms with E-state index >= 15 is 0 Å². The Hall–Kier alpha value is -5.28. The van der Waals surface area contributed by atoms with Crippen molar-refractivity contribution in [2.24, 2.45) is 0 Å². The molecule has 7 rings (SSSR count). The Kier molecular flexibility index (Phi) is 5.46. The van der Waals surface area contributed by atoms with Crippen LogP contribution in [-0.2, 0) is 0 Å². The van der Waals surface area contributed by atoms with Gasteiger partial charge in [0.25, 0.3) is 5.56 Å². The minimum absolute atomic E-state index is 0.357. The fourth-order valence-corrected chi connectivity index (χ4v) is 5.41. The first-order valence-corrected chi connectivity index (χ1v) is 12.7. The predicted molar refractivity (Wildman–Crippen MR) is 154 cm³/mol. The average molecular weight is 547 g/mol. The lowest BCUT2D eigenvalue weighted by molar-refractivity contribution is 0.417. The Morgan fingerprint density at radius 3 is 2.67 bits per heavy atom. The van der Waals surface area contributed by atoms with Crippen LogP contribution in [0.25, 0.3) is 55.3 Å². The van der Waals surface area contributed by atoms with Crippen molar-refractivity contribution in [1.82, 2.24) is 29.1 Å². The molecule has 4 heterocycles. The van der Waals surface area contributed by atoms with Gasteiger partial charge in [-0.25, -0.2) is 18.9 Å². The van der Waals surface area contributed by atoms with E-state index < -0.39 is 11.2 Å². The van der Waals surface area contributed by atoms with Crippen molar-refractivity contribution < 1.29 is 4.74 Å². The van der Waals surface area contributed by atoms with E-state index in [1.165, 1.54) is 12.5 Å². The van der Waals surface area contributed by atoms with Crippen LogP contribution in [0.2, 0.25) is 5.02 Å². The first-order valence-electron chi connectivity index (χ1n) is 12.3. The number of benzene rings is 3. The lowest BCUT2D eigenvalue weighted by atomic mass is 9.94. The molecular weight excluding hydrogens is 528 g/mol. The van der Waals surface area contributed by atoms with Crippen molar-refractivity contribution in [3.63, 3.8) is 0 Å². The highest BCUT2D eigenvalue weighted by Crippen LogP contribution is 2.39. The third kappa shape index (κ3) is 3.67. The molecule has 194 valence electrons. The van der Waals surface area contributed by atoms with Gasteiger partial charge in [0.2, 0.25) is 0 Å². The molecule has 3 aromatic carbocycles. The first kappa shape index (κ1) is 23.8. The Morgan fingerprint density at radius 1 is 0.925 bits per heavy atom. The number of nitrogens with one attached hydrogen (secondary N) is 1. The van der Waals surface area contributed by atoms with Crippen LogP contribution < -0.4 is 16.0 Å². The second-order valence-corrected chi connectivity index (χ2v) is 9.61. The van der Waals surface area contributed by atoms with Crippen LogP contribution in [0.3, 0.4) is 0 Å². The molecule has 0 saturated carbocycles. The van der Waals surface area contributed by atoms with Gasteiger partial charge in [-0.2, -0.15) is 5.10 Å². The van der Waals surface area contributed by atoms with Crippen molar-refractivity contribution >= 4 is 38.9 Å². The predicted octanol–water partition coefficient (Wildman–Crippen LogP) is 5.27. The molecule has 10 heteroatoms. The number of ether oxygens (including phenoxy) is 1. The van der Waals surface area contributed by atoms with Gasteiger partial charge in [-0.1, -0.05) is 54.1 Å². The van der Waals surface area contributed by atoms with Crippen molar-refractivity contribution in [2.45, 2.75) is 0 Å². The van der Waals surface area contributed by atoms with E-state index in [4.69, 9.17) is 16.3 Å². The molecule has 0 bridgehead atoms. The lowest BCUT2D eigenvalue weighted by Gasteiger charge is -2.15. The van der Waals surface area contributed by atoms with Gasteiger partial charge in [0.05, 0.1) is 29.9 Å². The second kappa shape index (κ2) is 9.18. The largest absolute Gasteiger partial charge is 0.493 e. The van der Waals surface area contributed by atoms with Gasteiger partial charge in [0.1, 0.15) is 6.33 Å². The van der Waals surface area contributed by atoms with Gasteiger partial charge in [-0.05, 0) is 35.4 Å². The van der Waals surface area contributed by atoms with E-state index in [0.717, 1.165) is 37.6 Å². The summed E-state index contributed by atoms with van der Waals surface area (Å²) in [5, 5.41) is 6.70. The summed E-state index contributed by atoms with van der Waals surface area (Å²) in [6.07, 6.45) is 6.53. The molecule has 7 aromatic rings. The summed E-state index contributed by atoms with van der Waals surface area (Å²) < 4.78 is 8.31. The second-order valence-electron chi connectivity index (χ2n) is 9.20. The van der Waals surface area contributed by atoms with E-state index in [2.05, 4.69) is 20.1 Å². The highest BCUT2D eigenvalue weighted by atomic mass is 35.5. The molecule has 0 fully saturated rings. The van der Waals surface area contributed by atoms with E-state index in [1.54, 1.807) is 36.0 Å². The molecule has 0 aliphatic heterocycles. The minimum Gasteiger partial charge on any atom is -0.493 e. The van der Waals surface area contributed by atoms with Crippen molar-refractivity contribution in [1.29, 1.82) is 0 Å². The summed E-state index contributed by atoms with van der Waals surface area (Å²) in [6, 6.07) is 20.2. The van der Waals surface area contributed by atoms with Crippen LogP contribution in [0, 0.1) is 0 Å². The third-order valence-electron chi connectivity index (χ3n) is 6.96. The van der Waals surface area contributed by atoms with Crippen LogP contribution in [0.5, 0.6) is 5.75 Å². The molecule has 0 unspecified atom stereocenters. The van der Waals surface area contributed by atoms with Crippen LogP contribution in [0.15, 0.2) is 101 Å². The summed E-state index contributed by atoms with van der Waals surface area (Å²) in [4.78, 5) is 38.3. The summed E-state index contributed by atoms with van der Waals surface area (Å²) in [7, 11) is 1.58. The maximum atomic E-state index is 13.6. The number of methoxy groups -OCH3 is 1. The van der Waals surface area contributed by atoms with Crippen molar-refractivity contribution in [3.8, 4) is 33.7 Å². The highest BCUT2D eigenvalue weighted by molar-refractivity contribution is 6.34. The molecule has 0 aliphatic rings. The number of nitrogens with zero attached hydrogens (tertiary/aromatic N) is 5. The lowest BCUT2D eigenvalue weighted by Crippen LogP contribution is -2.33. The Bertz CT molecular complexity index is 2230. The fourth-order valence-electron chi connectivity index (χ4n) is 5.12. The van der Waals surface area contributed by atoms with Crippen molar-refractivity contribution in [3.05, 3.63) is 118 Å². The van der Waals surface area contributed by atoms with Gasteiger partial charge < -0.3 is 9.72 Å². The number of fused-ring (bicyclic) bond motifs is 3. The quantitative estimate of drug-likeness (QED) is 0.322. The summed E-state index contributed by atoms with van der Waals surface area (Å²) in [5.74, 6) is 0.562. The summed E-state index contributed by atoms with van der Waals surface area (Å²) in [6.45, 7) is 0. The Morgan fingerprint density at radius 2 is 1.80 bits per heavy atom. The number of rotatable bonds is 4. The molecule has 0 spiro atoms. The maximum Gasteiger partial charge on any atom is 0.333 e. The highest BCUT2D eigenvalue weighted by Gasteiger charge is 2.18. The first-order chi connectivity index (χ1) is 19.5. The number of hydrogen-bond acceptors (Lipinski definition) is 6. The third-order valence-corrected chi connectivity index (χ3v) is 7.28. The number of pyridine rings is 2. The fraction of sp³-hybridized carbons (Fsp3) is 0.0333. The van der Waals surface area contributed by atoms with Gasteiger partial charge in [0.15, 0.2) is 11.4 Å². The number of aromatic amines is 1. The molecular formula is C30H19ClN6O3. The van der Waals surface area contributed by atoms with Gasteiger partial charge in [-0.15, -0.1) is 0 Å². The zero-order valence-corrected chi connectivity index (χ0v) is 21.8. The molecule has 9 nitrogen and oxygen atoms in total. The summed E-state index contributed by atoms with van der Waals surface area (Å²) in [5.41, 5.74) is 3.49. The normalized spacial score (nSPS) is 11.4. The zero-order valence-electron chi connectivity index (χ0n) is 21.0. The number of H-pyrrole nitrogens is 1. The van der Waals surface area contributed by atoms with Crippen LogP contribution in [-0.4, -0.2) is 36.2 Å². The smallest absolute Gasteiger partial charge is 0.333 e. The number of hydrogen-bond donors (Lipinski definition) is 1. The average Bonchev–Trinajstić information content (AvgIpc) is 3.45. The van der Waals surface area contributed by atoms with E-state index in [9.17, 15) is 9.59 Å². The molecule has 0 atom stereocenters. The van der Waals surface area contributed by atoms with E-state index in [-0.39, 0.29) is 0 Å². The monoisotopic (exact) mass is 546 g/mol.